The van der Waals surface area contributed by atoms with Gasteiger partial charge in [0, 0.05) is 12.1 Å². The zero-order valence-electron chi connectivity index (χ0n) is 15.0. The van der Waals surface area contributed by atoms with Gasteiger partial charge in [-0.15, -0.1) is 0 Å². The zero-order valence-corrected chi connectivity index (χ0v) is 15.0. The molecule has 0 aromatic heterocycles. The Morgan fingerprint density at radius 2 is 1.59 bits per heavy atom. The first kappa shape index (κ1) is 20.0. The second-order valence-corrected chi connectivity index (χ2v) is 5.76. The predicted molar refractivity (Wildman–Crippen MR) is 99.0 cm³/mol. The molecular weight excluding hydrogens is 348 g/mol. The van der Waals surface area contributed by atoms with Crippen molar-refractivity contribution in [3.05, 3.63) is 71.8 Å². The number of methoxy groups -OCH3 is 1. The van der Waals surface area contributed by atoms with Crippen LogP contribution in [0, 0.1) is 0 Å². The Bertz CT molecular complexity index is 749. The van der Waals surface area contributed by atoms with E-state index in [0.29, 0.717) is 5.56 Å². The van der Waals surface area contributed by atoms with E-state index in [1.807, 2.05) is 30.3 Å². The van der Waals surface area contributed by atoms with Crippen LogP contribution in [0.4, 0.5) is 4.79 Å². The lowest BCUT2D eigenvalue weighted by molar-refractivity contribution is -0.141. The molecule has 2 N–H and O–H groups in total. The topological polar surface area (TPSA) is 93.7 Å². The second-order valence-electron chi connectivity index (χ2n) is 5.76. The highest BCUT2D eigenvalue weighted by Crippen LogP contribution is 2.02. The molecule has 142 valence electrons. The highest BCUT2D eigenvalue weighted by molar-refractivity contribution is 5.94. The van der Waals surface area contributed by atoms with Crippen LogP contribution in [0.15, 0.2) is 60.7 Å². The Kier molecular flexibility index (Phi) is 7.84. The van der Waals surface area contributed by atoms with Gasteiger partial charge in [-0.25, -0.2) is 4.79 Å². The van der Waals surface area contributed by atoms with Crippen LogP contribution in [-0.4, -0.2) is 37.7 Å². The summed E-state index contributed by atoms with van der Waals surface area (Å²) in [6, 6.07) is 17.2. The minimum atomic E-state index is -0.679. The van der Waals surface area contributed by atoms with Gasteiger partial charge in [0.05, 0.1) is 19.6 Å². The molecule has 1 atom stereocenters. The van der Waals surface area contributed by atoms with Crippen LogP contribution in [0.3, 0.4) is 0 Å². The normalized spacial score (nSPS) is 11.1. The highest BCUT2D eigenvalue weighted by Gasteiger charge is 2.19. The maximum atomic E-state index is 12.1. The summed E-state index contributed by atoms with van der Waals surface area (Å²) >= 11 is 0. The predicted octanol–water partition coefficient (Wildman–Crippen LogP) is 2.27. The smallest absolute Gasteiger partial charge is 0.407 e. The molecule has 2 rings (SSSR count). The van der Waals surface area contributed by atoms with Crippen molar-refractivity contribution in [3.8, 4) is 0 Å². The Morgan fingerprint density at radius 1 is 0.963 bits per heavy atom. The third kappa shape index (κ3) is 7.19. The molecule has 2 amide bonds. The van der Waals surface area contributed by atoms with Crippen molar-refractivity contribution in [3.63, 3.8) is 0 Å². The van der Waals surface area contributed by atoms with E-state index in [2.05, 4.69) is 15.4 Å². The van der Waals surface area contributed by atoms with E-state index in [-0.39, 0.29) is 25.5 Å². The van der Waals surface area contributed by atoms with Crippen molar-refractivity contribution in [1.82, 2.24) is 10.6 Å². The second kappa shape index (κ2) is 10.6. The molecule has 0 fully saturated rings. The molecule has 0 aliphatic carbocycles. The molecule has 7 nitrogen and oxygen atoms in total. The number of ether oxygens (including phenoxy) is 2. The van der Waals surface area contributed by atoms with E-state index >= 15 is 0 Å². The number of amides is 2. The molecule has 2 aromatic rings. The van der Waals surface area contributed by atoms with Gasteiger partial charge in [-0.1, -0.05) is 48.5 Å². The highest BCUT2D eigenvalue weighted by atomic mass is 16.5. The summed E-state index contributed by atoms with van der Waals surface area (Å²) < 4.78 is 9.79. The summed E-state index contributed by atoms with van der Waals surface area (Å²) in [6.07, 6.45) is -0.770. The zero-order chi connectivity index (χ0) is 19.5. The first-order valence-electron chi connectivity index (χ1n) is 8.45. The first-order chi connectivity index (χ1) is 13.1. The lowest BCUT2D eigenvalue weighted by atomic mass is 10.2. The van der Waals surface area contributed by atoms with E-state index in [9.17, 15) is 14.4 Å². The Balaban J connectivity index is 1.87. The monoisotopic (exact) mass is 370 g/mol. The summed E-state index contributed by atoms with van der Waals surface area (Å²) in [5.74, 6) is -0.803. The molecule has 0 aliphatic rings. The Morgan fingerprint density at radius 3 is 2.22 bits per heavy atom. The largest absolute Gasteiger partial charge is 0.469 e. The van der Waals surface area contributed by atoms with Crippen molar-refractivity contribution < 1.29 is 23.9 Å². The Hall–Kier alpha value is -3.35. The van der Waals surface area contributed by atoms with Gasteiger partial charge in [-0.05, 0) is 17.7 Å². The third-order valence-corrected chi connectivity index (χ3v) is 3.72. The molecule has 2 aromatic carbocycles. The lowest BCUT2D eigenvalue weighted by Gasteiger charge is -2.18. The number of benzene rings is 2. The van der Waals surface area contributed by atoms with E-state index in [0.717, 1.165) is 5.56 Å². The fourth-order valence-corrected chi connectivity index (χ4v) is 2.30. The van der Waals surface area contributed by atoms with Crippen LogP contribution >= 0.6 is 0 Å². The van der Waals surface area contributed by atoms with Crippen LogP contribution in [-0.2, 0) is 20.9 Å². The fourth-order valence-electron chi connectivity index (χ4n) is 2.30. The van der Waals surface area contributed by atoms with Crippen LogP contribution in [0.5, 0.6) is 0 Å². The van der Waals surface area contributed by atoms with Crippen LogP contribution in [0.25, 0.3) is 0 Å². The number of rotatable bonds is 8. The van der Waals surface area contributed by atoms with Gasteiger partial charge in [0.1, 0.15) is 6.61 Å². The number of alkyl carbamates (subject to hydrolysis) is 1. The van der Waals surface area contributed by atoms with E-state index < -0.39 is 18.1 Å². The van der Waals surface area contributed by atoms with Gasteiger partial charge >= 0.3 is 12.1 Å². The minimum Gasteiger partial charge on any atom is -0.469 e. The molecule has 7 heteroatoms. The van der Waals surface area contributed by atoms with Crippen molar-refractivity contribution in [2.75, 3.05) is 13.7 Å². The van der Waals surface area contributed by atoms with Gasteiger partial charge < -0.3 is 20.1 Å². The lowest BCUT2D eigenvalue weighted by Crippen LogP contribution is -2.45. The molecule has 27 heavy (non-hydrogen) atoms. The summed E-state index contributed by atoms with van der Waals surface area (Å²) in [7, 11) is 1.26. The number of carbonyl (C=O) groups is 3. The summed E-state index contributed by atoms with van der Waals surface area (Å²) in [5, 5.41) is 5.27. The van der Waals surface area contributed by atoms with E-state index in [1.165, 1.54) is 7.11 Å². The molecule has 0 saturated carbocycles. The fraction of sp³-hybridized carbons (Fsp3) is 0.250. The quantitative estimate of drug-likeness (QED) is 0.695. The SMILES string of the molecule is COC(=O)CC(CNC(=O)c1ccccc1)NC(=O)OCc1ccccc1. The summed E-state index contributed by atoms with van der Waals surface area (Å²) in [5.41, 5.74) is 1.33. The van der Waals surface area contributed by atoms with Crippen molar-refractivity contribution in [2.45, 2.75) is 19.1 Å². The van der Waals surface area contributed by atoms with Gasteiger partial charge in [-0.3, -0.25) is 9.59 Å². The first-order valence-corrected chi connectivity index (χ1v) is 8.45. The van der Waals surface area contributed by atoms with Crippen LogP contribution < -0.4 is 10.6 Å². The van der Waals surface area contributed by atoms with Gasteiger partial charge in [-0.2, -0.15) is 0 Å². The number of nitrogens with one attached hydrogen (secondary N) is 2. The summed E-state index contributed by atoms with van der Waals surface area (Å²) in [6.45, 7) is 0.164. The van der Waals surface area contributed by atoms with E-state index in [4.69, 9.17) is 4.74 Å². The van der Waals surface area contributed by atoms with Gasteiger partial charge in [0.15, 0.2) is 0 Å². The van der Waals surface area contributed by atoms with Crippen LogP contribution in [0.2, 0.25) is 0 Å². The number of esters is 1. The number of hydrogen-bond donors (Lipinski definition) is 2. The average Bonchev–Trinajstić information content (AvgIpc) is 2.71. The summed E-state index contributed by atoms with van der Waals surface area (Å²) in [4.78, 5) is 35.7. The molecular formula is C20H22N2O5. The van der Waals surface area contributed by atoms with Crippen molar-refractivity contribution in [1.29, 1.82) is 0 Å². The molecule has 0 radical (unpaired) electrons. The Labute approximate surface area is 157 Å². The minimum absolute atomic E-state index is 0.0588. The molecule has 0 saturated heterocycles. The molecule has 0 heterocycles. The molecule has 0 spiro atoms. The molecule has 1 unspecified atom stereocenters. The maximum absolute atomic E-state index is 12.1. The van der Waals surface area contributed by atoms with Gasteiger partial charge in [0.2, 0.25) is 0 Å². The van der Waals surface area contributed by atoms with E-state index in [1.54, 1.807) is 30.3 Å². The van der Waals surface area contributed by atoms with Crippen molar-refractivity contribution >= 4 is 18.0 Å². The average molecular weight is 370 g/mol. The standard InChI is InChI=1S/C20H22N2O5/c1-26-18(23)12-17(13-21-19(24)16-10-6-3-7-11-16)22-20(25)27-14-15-8-4-2-5-9-15/h2-11,17H,12-14H2,1H3,(H,21,24)(H,22,25). The number of carbonyl (C=O) groups excluding carboxylic acids is 3. The van der Waals surface area contributed by atoms with Crippen LogP contribution in [0.1, 0.15) is 22.3 Å². The molecule has 0 bridgehead atoms. The number of hydrogen-bond acceptors (Lipinski definition) is 5. The third-order valence-electron chi connectivity index (χ3n) is 3.72. The van der Waals surface area contributed by atoms with Gasteiger partial charge in [0.25, 0.3) is 5.91 Å². The van der Waals surface area contributed by atoms with Crippen molar-refractivity contribution in [2.24, 2.45) is 0 Å². The maximum Gasteiger partial charge on any atom is 0.407 e. The molecule has 0 aliphatic heterocycles.